The Labute approximate surface area is 120 Å². The number of hydrogen-bond donors (Lipinski definition) is 1. The maximum absolute atomic E-state index is 9.37. The van der Waals surface area contributed by atoms with Crippen LogP contribution in [0.5, 0.6) is 0 Å². The summed E-state index contributed by atoms with van der Waals surface area (Å²) in [4.78, 5) is 0. The predicted octanol–water partition coefficient (Wildman–Crippen LogP) is 2.66. The summed E-state index contributed by atoms with van der Waals surface area (Å²) in [6.07, 6.45) is 0. The molecule has 0 unspecified atom stereocenters. The minimum atomic E-state index is -0.0388. The summed E-state index contributed by atoms with van der Waals surface area (Å²) >= 11 is 2.25. The molecule has 0 aliphatic carbocycles. The third-order valence-electron chi connectivity index (χ3n) is 2.72. The standard InChI is InChI=1S/C13H16IN3O/c1-13(2,3)11-12(14)17(16-15-11)10-7-5-4-6-9(10)8-18/h4-7,18H,8H2,1-3H3. The van der Waals surface area contributed by atoms with E-state index in [1.165, 1.54) is 0 Å². The van der Waals surface area contributed by atoms with Crippen LogP contribution in [0, 0.1) is 3.70 Å². The van der Waals surface area contributed by atoms with Gasteiger partial charge in [-0.05, 0) is 28.7 Å². The van der Waals surface area contributed by atoms with Gasteiger partial charge in [0.05, 0.1) is 12.3 Å². The largest absolute Gasteiger partial charge is 0.392 e. The first-order valence-corrected chi connectivity index (χ1v) is 6.84. The Morgan fingerprint density at radius 2 is 1.94 bits per heavy atom. The summed E-state index contributed by atoms with van der Waals surface area (Å²) in [5.41, 5.74) is 2.66. The van der Waals surface area contributed by atoms with Gasteiger partial charge in [0, 0.05) is 11.0 Å². The lowest BCUT2D eigenvalue weighted by Gasteiger charge is -2.15. The molecule has 1 aromatic carbocycles. The molecular weight excluding hydrogens is 341 g/mol. The molecule has 2 aromatic rings. The van der Waals surface area contributed by atoms with Crippen molar-refractivity contribution in [2.75, 3.05) is 0 Å². The maximum Gasteiger partial charge on any atom is 0.129 e. The van der Waals surface area contributed by atoms with Crippen molar-refractivity contribution in [1.82, 2.24) is 15.0 Å². The minimum absolute atomic E-state index is 0.00301. The average Bonchev–Trinajstić information content (AvgIpc) is 2.70. The number of aromatic nitrogens is 3. The molecule has 1 heterocycles. The molecule has 0 saturated carbocycles. The third-order valence-corrected chi connectivity index (χ3v) is 3.68. The van der Waals surface area contributed by atoms with Crippen LogP contribution in [0.25, 0.3) is 5.69 Å². The van der Waals surface area contributed by atoms with Crippen molar-refractivity contribution in [3.63, 3.8) is 0 Å². The number of hydrogen-bond acceptors (Lipinski definition) is 3. The van der Waals surface area contributed by atoms with Gasteiger partial charge in [-0.3, -0.25) is 0 Å². The van der Waals surface area contributed by atoms with E-state index in [2.05, 4.69) is 53.7 Å². The van der Waals surface area contributed by atoms with Crippen molar-refractivity contribution in [2.24, 2.45) is 0 Å². The van der Waals surface area contributed by atoms with E-state index in [-0.39, 0.29) is 12.0 Å². The molecule has 1 aromatic heterocycles. The summed E-state index contributed by atoms with van der Waals surface area (Å²) < 4.78 is 2.77. The van der Waals surface area contributed by atoms with Gasteiger partial charge >= 0.3 is 0 Å². The number of halogens is 1. The molecule has 2 rings (SSSR count). The first-order chi connectivity index (χ1) is 8.45. The second-order valence-corrected chi connectivity index (χ2v) is 6.20. The van der Waals surface area contributed by atoms with Gasteiger partial charge in [-0.1, -0.05) is 44.2 Å². The molecule has 0 saturated heterocycles. The maximum atomic E-state index is 9.37. The van der Waals surface area contributed by atoms with Crippen molar-refractivity contribution < 1.29 is 5.11 Å². The topological polar surface area (TPSA) is 50.9 Å². The average molecular weight is 357 g/mol. The third kappa shape index (κ3) is 2.42. The smallest absolute Gasteiger partial charge is 0.129 e. The van der Waals surface area contributed by atoms with Crippen molar-refractivity contribution in [3.8, 4) is 5.69 Å². The highest BCUT2D eigenvalue weighted by atomic mass is 127. The number of rotatable bonds is 2. The van der Waals surface area contributed by atoms with Gasteiger partial charge in [0.15, 0.2) is 0 Å². The van der Waals surface area contributed by atoms with E-state index in [4.69, 9.17) is 0 Å². The molecule has 5 heteroatoms. The lowest BCUT2D eigenvalue weighted by molar-refractivity contribution is 0.281. The number of aliphatic hydroxyl groups excluding tert-OH is 1. The van der Waals surface area contributed by atoms with E-state index in [1.54, 1.807) is 4.68 Å². The summed E-state index contributed by atoms with van der Waals surface area (Å²) in [6.45, 7) is 6.33. The molecule has 0 aliphatic heterocycles. The van der Waals surface area contributed by atoms with Crippen LogP contribution in [-0.4, -0.2) is 20.1 Å². The number of nitrogens with zero attached hydrogens (tertiary/aromatic N) is 3. The monoisotopic (exact) mass is 357 g/mol. The Kier molecular flexibility index (Phi) is 3.72. The van der Waals surface area contributed by atoms with Crippen LogP contribution in [0.4, 0.5) is 0 Å². The number of aliphatic hydroxyl groups is 1. The van der Waals surface area contributed by atoms with Crippen molar-refractivity contribution in [1.29, 1.82) is 0 Å². The van der Waals surface area contributed by atoms with Crippen LogP contribution < -0.4 is 0 Å². The van der Waals surface area contributed by atoms with Gasteiger partial charge in [-0.25, -0.2) is 4.68 Å². The Morgan fingerprint density at radius 1 is 1.28 bits per heavy atom. The van der Waals surface area contributed by atoms with Crippen molar-refractivity contribution in [2.45, 2.75) is 32.8 Å². The lowest BCUT2D eigenvalue weighted by Crippen LogP contribution is -2.14. The van der Waals surface area contributed by atoms with Gasteiger partial charge < -0.3 is 5.11 Å². The highest BCUT2D eigenvalue weighted by Crippen LogP contribution is 2.27. The van der Waals surface area contributed by atoms with E-state index in [0.29, 0.717) is 0 Å². The van der Waals surface area contributed by atoms with Crippen LogP contribution >= 0.6 is 22.6 Å². The lowest BCUT2D eigenvalue weighted by atomic mass is 9.93. The van der Waals surface area contributed by atoms with E-state index in [9.17, 15) is 5.11 Å². The minimum Gasteiger partial charge on any atom is -0.392 e. The molecule has 1 N–H and O–H groups in total. The molecule has 0 atom stereocenters. The summed E-state index contributed by atoms with van der Waals surface area (Å²) in [7, 11) is 0. The van der Waals surface area contributed by atoms with Crippen molar-refractivity contribution in [3.05, 3.63) is 39.2 Å². The Hall–Kier alpha value is -0.950. The van der Waals surface area contributed by atoms with E-state index < -0.39 is 0 Å². The van der Waals surface area contributed by atoms with Crippen LogP contribution in [0.15, 0.2) is 24.3 Å². The zero-order chi connectivity index (χ0) is 13.3. The van der Waals surface area contributed by atoms with Gasteiger partial charge in [-0.15, -0.1) is 5.10 Å². The van der Waals surface area contributed by atoms with Gasteiger partial charge in [0.1, 0.15) is 9.39 Å². The fourth-order valence-corrected chi connectivity index (χ4v) is 3.01. The van der Waals surface area contributed by atoms with E-state index in [0.717, 1.165) is 20.6 Å². The first kappa shape index (κ1) is 13.5. The highest BCUT2D eigenvalue weighted by Gasteiger charge is 2.24. The molecule has 0 aliphatic rings. The Morgan fingerprint density at radius 3 is 2.50 bits per heavy atom. The first-order valence-electron chi connectivity index (χ1n) is 5.76. The molecule has 0 spiro atoms. The fourth-order valence-electron chi connectivity index (χ4n) is 1.73. The Balaban J connectivity index is 2.56. The normalized spacial score (nSPS) is 11.8. The molecule has 18 heavy (non-hydrogen) atoms. The second kappa shape index (κ2) is 4.97. The molecular formula is C13H16IN3O. The highest BCUT2D eigenvalue weighted by molar-refractivity contribution is 14.1. The van der Waals surface area contributed by atoms with Gasteiger partial charge in [0.2, 0.25) is 0 Å². The van der Waals surface area contributed by atoms with Crippen LogP contribution in [0.1, 0.15) is 32.0 Å². The van der Waals surface area contributed by atoms with Crippen LogP contribution in [-0.2, 0) is 12.0 Å². The zero-order valence-electron chi connectivity index (χ0n) is 10.7. The fraction of sp³-hybridized carbons (Fsp3) is 0.385. The quantitative estimate of drug-likeness (QED) is 0.841. The molecule has 0 radical (unpaired) electrons. The predicted molar refractivity (Wildman–Crippen MR) is 78.7 cm³/mol. The van der Waals surface area contributed by atoms with Gasteiger partial charge in [-0.2, -0.15) is 0 Å². The number of benzene rings is 1. The summed E-state index contributed by atoms with van der Waals surface area (Å²) in [5.74, 6) is 0. The molecule has 96 valence electrons. The molecule has 4 nitrogen and oxygen atoms in total. The van der Waals surface area contributed by atoms with E-state index >= 15 is 0 Å². The summed E-state index contributed by atoms with van der Waals surface area (Å²) in [5, 5.41) is 17.8. The SMILES string of the molecule is CC(C)(C)c1nnn(-c2ccccc2CO)c1I. The second-order valence-electron chi connectivity index (χ2n) is 5.18. The van der Waals surface area contributed by atoms with Crippen LogP contribution in [0.3, 0.4) is 0 Å². The molecule has 0 fully saturated rings. The molecule has 0 bridgehead atoms. The molecule has 0 amide bonds. The Bertz CT molecular complexity index is 558. The van der Waals surface area contributed by atoms with Gasteiger partial charge in [0.25, 0.3) is 0 Å². The van der Waals surface area contributed by atoms with E-state index in [1.807, 2.05) is 24.3 Å². The van der Waals surface area contributed by atoms with Crippen molar-refractivity contribution >= 4 is 22.6 Å². The van der Waals surface area contributed by atoms with Crippen LogP contribution in [0.2, 0.25) is 0 Å². The number of para-hydroxylation sites is 1. The summed E-state index contributed by atoms with van der Waals surface area (Å²) in [6, 6.07) is 7.67. The zero-order valence-corrected chi connectivity index (χ0v) is 12.8.